The van der Waals surface area contributed by atoms with E-state index in [-0.39, 0.29) is 17.7 Å². The minimum atomic E-state index is -0.990. The van der Waals surface area contributed by atoms with Crippen molar-refractivity contribution in [2.45, 2.75) is 6.10 Å². The van der Waals surface area contributed by atoms with Gasteiger partial charge in [0.25, 0.3) is 11.5 Å². The van der Waals surface area contributed by atoms with Crippen LogP contribution in [-0.4, -0.2) is 39.9 Å². The van der Waals surface area contributed by atoms with Crippen molar-refractivity contribution in [3.8, 4) is 0 Å². The molecule has 0 aliphatic heterocycles. The van der Waals surface area contributed by atoms with Crippen LogP contribution in [0.25, 0.3) is 0 Å². The van der Waals surface area contributed by atoms with E-state index in [0.717, 1.165) is 0 Å². The summed E-state index contributed by atoms with van der Waals surface area (Å²) < 4.78 is 1.35. The molecule has 1 amide bonds. The molecule has 1 aromatic heterocycles. The lowest BCUT2D eigenvalue weighted by Crippen LogP contribution is -2.34. The summed E-state index contributed by atoms with van der Waals surface area (Å²) >= 11 is 0. The van der Waals surface area contributed by atoms with Crippen molar-refractivity contribution < 1.29 is 15.0 Å². The van der Waals surface area contributed by atoms with E-state index in [4.69, 9.17) is 10.2 Å². The molecule has 6 nitrogen and oxygen atoms in total. The molecule has 1 unspecified atom stereocenters. The van der Waals surface area contributed by atoms with Crippen molar-refractivity contribution in [3.05, 3.63) is 34.2 Å². The summed E-state index contributed by atoms with van der Waals surface area (Å²) in [6.07, 6.45) is 0.496. The number of nitrogens with one attached hydrogen (secondary N) is 1. The van der Waals surface area contributed by atoms with Crippen LogP contribution in [0.4, 0.5) is 0 Å². The van der Waals surface area contributed by atoms with E-state index in [2.05, 4.69) is 5.32 Å². The van der Waals surface area contributed by atoms with Gasteiger partial charge in [-0.1, -0.05) is 0 Å². The van der Waals surface area contributed by atoms with Crippen molar-refractivity contribution in [2.75, 3.05) is 13.2 Å². The molecular weight excluding hydrogens is 212 g/mol. The van der Waals surface area contributed by atoms with Gasteiger partial charge in [-0.15, -0.1) is 0 Å². The molecular formula is C10H14N2O4. The second-order valence-electron chi connectivity index (χ2n) is 3.41. The number of aliphatic hydroxyl groups excluding tert-OH is 2. The van der Waals surface area contributed by atoms with Crippen molar-refractivity contribution in [2.24, 2.45) is 7.05 Å². The first-order chi connectivity index (χ1) is 7.54. The molecule has 0 spiro atoms. The smallest absolute Gasteiger partial charge is 0.251 e. The van der Waals surface area contributed by atoms with E-state index >= 15 is 0 Å². The Hall–Kier alpha value is -1.66. The van der Waals surface area contributed by atoms with Gasteiger partial charge in [-0.25, -0.2) is 0 Å². The highest BCUT2D eigenvalue weighted by Crippen LogP contribution is 1.94. The van der Waals surface area contributed by atoms with Crippen LogP contribution in [-0.2, 0) is 7.05 Å². The van der Waals surface area contributed by atoms with E-state index in [1.165, 1.54) is 22.9 Å². The van der Waals surface area contributed by atoms with Gasteiger partial charge in [0.05, 0.1) is 12.7 Å². The van der Waals surface area contributed by atoms with Crippen LogP contribution in [0.15, 0.2) is 23.1 Å². The molecule has 6 heteroatoms. The number of aryl methyl sites for hydroxylation is 1. The van der Waals surface area contributed by atoms with Crippen molar-refractivity contribution >= 4 is 5.91 Å². The summed E-state index contributed by atoms with van der Waals surface area (Å²) in [5.41, 5.74) is -0.0522. The molecule has 0 radical (unpaired) electrons. The molecule has 1 aromatic rings. The summed E-state index contributed by atoms with van der Waals surface area (Å²) in [5, 5.41) is 20.0. The fourth-order valence-electron chi connectivity index (χ4n) is 1.07. The second kappa shape index (κ2) is 5.43. The molecule has 1 heterocycles. The predicted molar refractivity (Wildman–Crippen MR) is 57.1 cm³/mol. The van der Waals surface area contributed by atoms with Crippen LogP contribution in [0.3, 0.4) is 0 Å². The summed E-state index contributed by atoms with van der Waals surface area (Å²) in [5.74, 6) is -0.454. The fourth-order valence-corrected chi connectivity index (χ4v) is 1.07. The van der Waals surface area contributed by atoms with Crippen molar-refractivity contribution in [1.29, 1.82) is 0 Å². The monoisotopic (exact) mass is 226 g/mol. The second-order valence-corrected chi connectivity index (χ2v) is 3.41. The number of carbonyl (C=O) groups is 1. The Morgan fingerprint density at radius 2 is 2.31 bits per heavy atom. The number of nitrogens with zero attached hydrogens (tertiary/aromatic N) is 1. The van der Waals surface area contributed by atoms with Gasteiger partial charge >= 0.3 is 0 Å². The molecule has 0 fully saturated rings. The highest BCUT2D eigenvalue weighted by Gasteiger charge is 2.08. The van der Waals surface area contributed by atoms with Crippen LogP contribution >= 0.6 is 0 Å². The average molecular weight is 226 g/mol. The maximum absolute atomic E-state index is 11.5. The predicted octanol–water partition coefficient (Wildman–Crippen LogP) is -1.53. The Morgan fingerprint density at radius 3 is 2.88 bits per heavy atom. The standard InChI is InChI=1S/C10H14N2O4/c1-12-3-2-7(4-9(12)15)10(16)11-5-8(14)6-13/h2-4,8,13-14H,5-6H2,1H3,(H,11,16). The third-order valence-corrected chi connectivity index (χ3v) is 2.08. The Bertz CT molecular complexity index is 427. The zero-order valence-electron chi connectivity index (χ0n) is 8.88. The van der Waals surface area contributed by atoms with E-state index < -0.39 is 18.6 Å². The number of rotatable bonds is 4. The van der Waals surface area contributed by atoms with Crippen LogP contribution in [0.1, 0.15) is 10.4 Å². The largest absolute Gasteiger partial charge is 0.394 e. The lowest BCUT2D eigenvalue weighted by molar-refractivity contribution is 0.0802. The highest BCUT2D eigenvalue weighted by molar-refractivity contribution is 5.93. The van der Waals surface area contributed by atoms with Crippen LogP contribution < -0.4 is 10.9 Å². The first kappa shape index (κ1) is 12.4. The fraction of sp³-hybridized carbons (Fsp3) is 0.400. The van der Waals surface area contributed by atoms with Crippen molar-refractivity contribution in [1.82, 2.24) is 9.88 Å². The maximum Gasteiger partial charge on any atom is 0.251 e. The Kier molecular flexibility index (Phi) is 4.21. The molecule has 0 aromatic carbocycles. The Morgan fingerprint density at radius 1 is 1.62 bits per heavy atom. The highest BCUT2D eigenvalue weighted by atomic mass is 16.3. The number of carbonyl (C=O) groups excluding carboxylic acids is 1. The molecule has 1 atom stereocenters. The van der Waals surface area contributed by atoms with Gasteiger partial charge < -0.3 is 20.1 Å². The molecule has 0 aliphatic carbocycles. The third-order valence-electron chi connectivity index (χ3n) is 2.08. The third kappa shape index (κ3) is 3.18. The molecule has 88 valence electrons. The van der Waals surface area contributed by atoms with E-state index in [1.807, 2.05) is 0 Å². The number of hydrogen-bond acceptors (Lipinski definition) is 4. The number of aromatic nitrogens is 1. The number of pyridine rings is 1. The minimum Gasteiger partial charge on any atom is -0.394 e. The summed E-state index contributed by atoms with van der Waals surface area (Å²) in [4.78, 5) is 22.7. The number of hydrogen-bond donors (Lipinski definition) is 3. The number of aliphatic hydroxyl groups is 2. The summed E-state index contributed by atoms with van der Waals surface area (Å²) in [6.45, 7) is -0.471. The molecule has 1 rings (SSSR count). The van der Waals surface area contributed by atoms with Gasteiger partial charge in [-0.3, -0.25) is 9.59 Å². The first-order valence-electron chi connectivity index (χ1n) is 4.78. The lowest BCUT2D eigenvalue weighted by Gasteiger charge is -2.08. The van der Waals surface area contributed by atoms with Gasteiger partial charge in [0.1, 0.15) is 0 Å². The van der Waals surface area contributed by atoms with Crippen LogP contribution in [0.2, 0.25) is 0 Å². The quantitative estimate of drug-likeness (QED) is 0.580. The summed E-state index contributed by atoms with van der Waals surface area (Å²) in [6, 6.07) is 2.71. The minimum absolute atomic E-state index is 0.0510. The Labute approximate surface area is 92.1 Å². The zero-order chi connectivity index (χ0) is 12.1. The molecule has 0 bridgehead atoms. The Balaban J connectivity index is 2.67. The van der Waals surface area contributed by atoms with E-state index in [0.29, 0.717) is 0 Å². The van der Waals surface area contributed by atoms with E-state index in [1.54, 1.807) is 7.05 Å². The van der Waals surface area contributed by atoms with Crippen LogP contribution in [0.5, 0.6) is 0 Å². The SMILES string of the molecule is Cn1ccc(C(=O)NCC(O)CO)cc1=O. The van der Waals surface area contributed by atoms with Crippen LogP contribution in [0, 0.1) is 0 Å². The zero-order valence-corrected chi connectivity index (χ0v) is 8.88. The number of amides is 1. The molecule has 0 aliphatic rings. The van der Waals surface area contributed by atoms with Gasteiger partial charge in [-0.2, -0.15) is 0 Å². The van der Waals surface area contributed by atoms with Gasteiger partial charge in [0.15, 0.2) is 0 Å². The topological polar surface area (TPSA) is 91.6 Å². The molecule has 0 saturated heterocycles. The lowest BCUT2D eigenvalue weighted by atomic mass is 10.2. The first-order valence-corrected chi connectivity index (χ1v) is 4.78. The molecule has 0 saturated carbocycles. The van der Waals surface area contributed by atoms with Crippen molar-refractivity contribution in [3.63, 3.8) is 0 Å². The maximum atomic E-state index is 11.5. The van der Waals surface area contributed by atoms with Gasteiger partial charge in [0.2, 0.25) is 0 Å². The van der Waals surface area contributed by atoms with E-state index in [9.17, 15) is 9.59 Å². The normalized spacial score (nSPS) is 12.2. The average Bonchev–Trinajstić information content (AvgIpc) is 2.29. The summed E-state index contributed by atoms with van der Waals surface area (Å²) in [7, 11) is 1.58. The van der Waals surface area contributed by atoms with Gasteiger partial charge in [-0.05, 0) is 6.07 Å². The molecule has 3 N–H and O–H groups in total. The van der Waals surface area contributed by atoms with Gasteiger partial charge in [0, 0.05) is 31.4 Å². The molecule has 16 heavy (non-hydrogen) atoms.